The number of nitrogens with two attached hydrogens (primary N) is 1. The van der Waals surface area contributed by atoms with E-state index < -0.39 is 0 Å². The van der Waals surface area contributed by atoms with Crippen molar-refractivity contribution in [2.75, 3.05) is 0 Å². The van der Waals surface area contributed by atoms with E-state index in [9.17, 15) is 0 Å². The summed E-state index contributed by atoms with van der Waals surface area (Å²) in [7, 11) is 1.87. The van der Waals surface area contributed by atoms with E-state index in [1.165, 1.54) is 4.90 Å². The molecule has 0 aliphatic heterocycles. The van der Waals surface area contributed by atoms with Gasteiger partial charge >= 0.3 is 0 Å². The van der Waals surface area contributed by atoms with Gasteiger partial charge in [-0.3, -0.25) is 4.68 Å². The third kappa shape index (κ3) is 2.84. The van der Waals surface area contributed by atoms with Crippen molar-refractivity contribution in [3.05, 3.63) is 41.7 Å². The molecule has 0 atom stereocenters. The largest absolute Gasteiger partial charge is 0.326 e. The van der Waals surface area contributed by atoms with Crippen LogP contribution >= 0.6 is 11.8 Å². The molecule has 4 nitrogen and oxygen atoms in total. The van der Waals surface area contributed by atoms with Gasteiger partial charge in [-0.05, 0) is 17.7 Å². The van der Waals surface area contributed by atoms with Gasteiger partial charge in [0.15, 0.2) is 0 Å². The number of nitrogens with zero attached hydrogens (tertiary/aromatic N) is 3. The summed E-state index contributed by atoms with van der Waals surface area (Å²) in [5.41, 5.74) is 7.69. The molecule has 84 valence electrons. The van der Waals surface area contributed by atoms with E-state index in [2.05, 4.69) is 34.6 Å². The molecule has 0 fully saturated rings. The SMILES string of the molecule is Cn1cc(CSc2ccc(CN)cc2)nn1. The monoisotopic (exact) mass is 234 g/mol. The molecule has 2 aromatic rings. The number of rotatable bonds is 4. The standard InChI is InChI=1S/C11H14N4S/c1-15-7-10(13-14-15)8-16-11-4-2-9(6-12)3-5-11/h2-5,7H,6,8,12H2,1H3. The minimum atomic E-state index is 0.592. The average molecular weight is 234 g/mol. The highest BCUT2D eigenvalue weighted by Crippen LogP contribution is 2.21. The highest BCUT2D eigenvalue weighted by atomic mass is 32.2. The van der Waals surface area contributed by atoms with Crippen molar-refractivity contribution in [3.63, 3.8) is 0 Å². The summed E-state index contributed by atoms with van der Waals surface area (Å²) < 4.78 is 1.72. The summed E-state index contributed by atoms with van der Waals surface area (Å²) in [6.45, 7) is 0.592. The number of hydrogen-bond acceptors (Lipinski definition) is 4. The molecule has 5 heteroatoms. The van der Waals surface area contributed by atoms with Gasteiger partial charge in [-0.25, -0.2) is 0 Å². The highest BCUT2D eigenvalue weighted by molar-refractivity contribution is 7.98. The van der Waals surface area contributed by atoms with Crippen LogP contribution in [0.3, 0.4) is 0 Å². The van der Waals surface area contributed by atoms with E-state index >= 15 is 0 Å². The van der Waals surface area contributed by atoms with E-state index in [1.807, 2.05) is 13.2 Å². The van der Waals surface area contributed by atoms with Gasteiger partial charge in [-0.1, -0.05) is 17.3 Å². The molecule has 2 N–H and O–H groups in total. The Labute approximate surface area is 98.8 Å². The topological polar surface area (TPSA) is 56.7 Å². The molecule has 0 saturated heterocycles. The Kier molecular flexibility index (Phi) is 3.58. The van der Waals surface area contributed by atoms with Crippen molar-refractivity contribution in [2.45, 2.75) is 17.2 Å². The molecular weight excluding hydrogens is 220 g/mol. The van der Waals surface area contributed by atoms with Gasteiger partial charge < -0.3 is 5.73 Å². The van der Waals surface area contributed by atoms with Crippen molar-refractivity contribution < 1.29 is 0 Å². The molecule has 1 aromatic heterocycles. The van der Waals surface area contributed by atoms with E-state index in [4.69, 9.17) is 5.73 Å². The number of aromatic nitrogens is 3. The fraction of sp³-hybridized carbons (Fsp3) is 0.273. The van der Waals surface area contributed by atoms with Gasteiger partial charge in [-0.2, -0.15) is 0 Å². The molecule has 0 spiro atoms. The summed E-state index contributed by atoms with van der Waals surface area (Å²) in [6.07, 6.45) is 1.93. The second kappa shape index (κ2) is 5.14. The number of thioether (sulfide) groups is 1. The normalized spacial score (nSPS) is 10.6. The Balaban J connectivity index is 1.94. The maximum atomic E-state index is 5.54. The van der Waals surface area contributed by atoms with Gasteiger partial charge in [0, 0.05) is 30.4 Å². The van der Waals surface area contributed by atoms with Crippen LogP contribution in [0.4, 0.5) is 0 Å². The summed E-state index contributed by atoms with van der Waals surface area (Å²) in [5.74, 6) is 0.843. The highest BCUT2D eigenvalue weighted by Gasteiger charge is 2.00. The summed E-state index contributed by atoms with van der Waals surface area (Å²) in [6, 6.07) is 8.28. The Hall–Kier alpha value is -1.33. The van der Waals surface area contributed by atoms with Gasteiger partial charge in [0.2, 0.25) is 0 Å². The van der Waals surface area contributed by atoms with E-state index in [-0.39, 0.29) is 0 Å². The maximum Gasteiger partial charge on any atom is 0.0929 e. The zero-order valence-corrected chi connectivity index (χ0v) is 9.94. The molecule has 2 rings (SSSR count). The van der Waals surface area contributed by atoms with Gasteiger partial charge in [0.05, 0.1) is 5.69 Å². The molecular formula is C11H14N4S. The first-order valence-electron chi connectivity index (χ1n) is 5.05. The van der Waals surface area contributed by atoms with E-state index in [0.717, 1.165) is 17.0 Å². The smallest absolute Gasteiger partial charge is 0.0929 e. The molecule has 0 bridgehead atoms. The maximum absolute atomic E-state index is 5.54. The quantitative estimate of drug-likeness (QED) is 0.816. The predicted octanol–water partition coefficient (Wildman–Crippen LogP) is 1.57. The fourth-order valence-corrected chi connectivity index (χ4v) is 2.12. The number of hydrogen-bond donors (Lipinski definition) is 1. The van der Waals surface area contributed by atoms with Crippen LogP contribution in [0.5, 0.6) is 0 Å². The summed E-state index contributed by atoms with van der Waals surface area (Å²) in [5, 5.41) is 7.93. The van der Waals surface area contributed by atoms with Gasteiger partial charge in [0.1, 0.15) is 0 Å². The lowest BCUT2D eigenvalue weighted by Crippen LogP contribution is -1.94. The van der Waals surface area contributed by atoms with Crippen molar-refractivity contribution in [3.8, 4) is 0 Å². The zero-order valence-electron chi connectivity index (χ0n) is 9.13. The molecule has 0 saturated carbocycles. The molecule has 1 aromatic carbocycles. The first-order chi connectivity index (χ1) is 7.78. The van der Waals surface area contributed by atoms with Crippen molar-refractivity contribution in [1.29, 1.82) is 0 Å². The van der Waals surface area contributed by atoms with Crippen LogP contribution in [0, 0.1) is 0 Å². The predicted molar refractivity (Wildman–Crippen MR) is 64.9 cm³/mol. The minimum Gasteiger partial charge on any atom is -0.326 e. The van der Waals surface area contributed by atoms with E-state index in [0.29, 0.717) is 6.54 Å². The fourth-order valence-electron chi connectivity index (χ4n) is 1.34. The third-order valence-corrected chi connectivity index (χ3v) is 3.24. The molecule has 0 amide bonds. The molecule has 1 heterocycles. The van der Waals surface area contributed by atoms with E-state index in [1.54, 1.807) is 16.4 Å². The van der Waals surface area contributed by atoms with Crippen LogP contribution in [0.2, 0.25) is 0 Å². The Morgan fingerprint density at radius 3 is 2.62 bits per heavy atom. The van der Waals surface area contributed by atoms with Crippen molar-refractivity contribution >= 4 is 11.8 Å². The molecule has 0 aliphatic carbocycles. The lowest BCUT2D eigenvalue weighted by molar-refractivity contribution is 0.714. The van der Waals surface area contributed by atoms with Crippen LogP contribution < -0.4 is 5.73 Å². The Morgan fingerprint density at radius 2 is 2.06 bits per heavy atom. The molecule has 0 unspecified atom stereocenters. The van der Waals surface area contributed by atoms with Crippen LogP contribution in [0.1, 0.15) is 11.3 Å². The van der Waals surface area contributed by atoms with Gasteiger partial charge in [0.25, 0.3) is 0 Å². The lowest BCUT2D eigenvalue weighted by Gasteiger charge is -2.00. The van der Waals surface area contributed by atoms with Crippen LogP contribution in [0.15, 0.2) is 35.4 Å². The molecule has 16 heavy (non-hydrogen) atoms. The molecule has 0 radical (unpaired) electrons. The number of aryl methyl sites for hydroxylation is 1. The van der Waals surface area contributed by atoms with Crippen LogP contribution in [-0.2, 0) is 19.3 Å². The first kappa shape index (κ1) is 11.2. The second-order valence-electron chi connectivity index (χ2n) is 3.52. The molecule has 0 aliphatic rings. The van der Waals surface area contributed by atoms with Crippen molar-refractivity contribution in [1.82, 2.24) is 15.0 Å². The van der Waals surface area contributed by atoms with Crippen molar-refractivity contribution in [2.24, 2.45) is 12.8 Å². The van der Waals surface area contributed by atoms with Crippen LogP contribution in [-0.4, -0.2) is 15.0 Å². The summed E-state index contributed by atoms with van der Waals surface area (Å²) >= 11 is 1.75. The van der Waals surface area contributed by atoms with Crippen LogP contribution in [0.25, 0.3) is 0 Å². The lowest BCUT2D eigenvalue weighted by atomic mass is 10.2. The minimum absolute atomic E-state index is 0.592. The Morgan fingerprint density at radius 1 is 1.31 bits per heavy atom. The first-order valence-corrected chi connectivity index (χ1v) is 6.03. The Bertz CT molecular complexity index is 449. The second-order valence-corrected chi connectivity index (χ2v) is 4.57. The third-order valence-electron chi connectivity index (χ3n) is 2.20. The summed E-state index contributed by atoms with van der Waals surface area (Å²) in [4.78, 5) is 1.22. The average Bonchev–Trinajstić information content (AvgIpc) is 2.73. The van der Waals surface area contributed by atoms with Gasteiger partial charge in [-0.15, -0.1) is 16.9 Å². The zero-order chi connectivity index (χ0) is 11.4. The number of benzene rings is 1.